The van der Waals surface area contributed by atoms with E-state index in [-0.39, 0.29) is 11.7 Å². The second kappa shape index (κ2) is 6.13. The maximum absolute atomic E-state index is 13.1. The summed E-state index contributed by atoms with van der Waals surface area (Å²) in [7, 11) is 0. The number of hydrogen-bond donors (Lipinski definition) is 0. The van der Waals surface area contributed by atoms with Crippen molar-refractivity contribution in [2.45, 2.75) is 19.6 Å². The monoisotopic (exact) mass is 358 g/mol. The molecule has 3 aromatic rings. The number of benzene rings is 1. The molecule has 0 radical (unpaired) electrons. The van der Waals surface area contributed by atoms with Crippen LogP contribution >= 0.6 is 0 Å². The SMILES string of the molecule is Cc1cc2c(c(=O)n1Cc1ccncc1)C=C1COc3ccccc3C1O2. The Balaban J connectivity index is 1.59. The molecule has 0 saturated carbocycles. The van der Waals surface area contributed by atoms with Crippen LogP contribution in [0.1, 0.15) is 28.5 Å². The molecule has 1 atom stereocenters. The summed E-state index contributed by atoms with van der Waals surface area (Å²) < 4.78 is 13.9. The molecule has 5 nitrogen and oxygen atoms in total. The Bertz CT molecular complexity index is 1120. The number of rotatable bonds is 2. The summed E-state index contributed by atoms with van der Waals surface area (Å²) in [5, 5.41) is 0. The lowest BCUT2D eigenvalue weighted by molar-refractivity contribution is 0.188. The number of fused-ring (bicyclic) bond motifs is 4. The molecule has 0 aliphatic carbocycles. The van der Waals surface area contributed by atoms with Crippen molar-refractivity contribution in [1.29, 1.82) is 0 Å². The van der Waals surface area contributed by atoms with Crippen LogP contribution < -0.4 is 15.0 Å². The van der Waals surface area contributed by atoms with Crippen molar-refractivity contribution >= 4 is 6.08 Å². The molecule has 5 heteroatoms. The molecular weight excluding hydrogens is 340 g/mol. The quantitative estimate of drug-likeness (QED) is 0.703. The zero-order valence-corrected chi connectivity index (χ0v) is 14.9. The van der Waals surface area contributed by atoms with E-state index >= 15 is 0 Å². The fourth-order valence-corrected chi connectivity index (χ4v) is 3.69. The van der Waals surface area contributed by atoms with Gasteiger partial charge in [-0.1, -0.05) is 18.2 Å². The summed E-state index contributed by atoms with van der Waals surface area (Å²) in [4.78, 5) is 17.2. The summed E-state index contributed by atoms with van der Waals surface area (Å²) >= 11 is 0. The van der Waals surface area contributed by atoms with E-state index < -0.39 is 0 Å². The van der Waals surface area contributed by atoms with Crippen LogP contribution in [-0.4, -0.2) is 16.2 Å². The van der Waals surface area contributed by atoms with Crippen LogP contribution in [0.2, 0.25) is 0 Å². The van der Waals surface area contributed by atoms with Gasteiger partial charge in [-0.2, -0.15) is 0 Å². The van der Waals surface area contributed by atoms with E-state index in [4.69, 9.17) is 9.47 Å². The Morgan fingerprint density at radius 1 is 1.15 bits per heavy atom. The second-order valence-corrected chi connectivity index (χ2v) is 6.85. The highest BCUT2D eigenvalue weighted by Crippen LogP contribution is 2.42. The first-order valence-electron chi connectivity index (χ1n) is 8.93. The van der Waals surface area contributed by atoms with Crippen molar-refractivity contribution in [2.24, 2.45) is 0 Å². The lowest BCUT2D eigenvalue weighted by Gasteiger charge is -2.32. The molecule has 134 valence electrons. The molecule has 5 rings (SSSR count). The zero-order chi connectivity index (χ0) is 18.4. The molecule has 0 N–H and O–H groups in total. The topological polar surface area (TPSA) is 53.4 Å². The molecule has 27 heavy (non-hydrogen) atoms. The van der Waals surface area contributed by atoms with E-state index in [1.807, 2.05) is 55.5 Å². The zero-order valence-electron chi connectivity index (χ0n) is 14.9. The number of aryl methyl sites for hydroxylation is 1. The first kappa shape index (κ1) is 15.9. The predicted molar refractivity (Wildman–Crippen MR) is 102 cm³/mol. The van der Waals surface area contributed by atoms with E-state index in [9.17, 15) is 4.79 Å². The van der Waals surface area contributed by atoms with Gasteiger partial charge in [-0.3, -0.25) is 9.78 Å². The average Bonchev–Trinajstić information content (AvgIpc) is 2.71. The first-order chi connectivity index (χ1) is 13.2. The van der Waals surface area contributed by atoms with Crippen molar-refractivity contribution in [2.75, 3.05) is 6.61 Å². The van der Waals surface area contributed by atoms with Crippen LogP contribution in [0.25, 0.3) is 6.08 Å². The van der Waals surface area contributed by atoms with Gasteiger partial charge >= 0.3 is 0 Å². The van der Waals surface area contributed by atoms with Crippen molar-refractivity contribution < 1.29 is 9.47 Å². The van der Waals surface area contributed by atoms with Gasteiger partial charge in [0.15, 0.2) is 6.10 Å². The Kier molecular flexibility index (Phi) is 3.60. The summed E-state index contributed by atoms with van der Waals surface area (Å²) in [6, 6.07) is 13.7. The van der Waals surface area contributed by atoms with Gasteiger partial charge in [-0.15, -0.1) is 0 Å². The number of hydrogen-bond acceptors (Lipinski definition) is 4. The summed E-state index contributed by atoms with van der Waals surface area (Å²) in [6.45, 7) is 2.87. The summed E-state index contributed by atoms with van der Waals surface area (Å²) in [5.74, 6) is 1.47. The lowest BCUT2D eigenvalue weighted by atomic mass is 9.94. The van der Waals surface area contributed by atoms with Crippen LogP contribution in [-0.2, 0) is 6.54 Å². The predicted octanol–water partition coefficient (Wildman–Crippen LogP) is 3.51. The van der Waals surface area contributed by atoms with Crippen LogP contribution in [0.5, 0.6) is 11.5 Å². The van der Waals surface area contributed by atoms with E-state index in [0.29, 0.717) is 24.5 Å². The van der Waals surface area contributed by atoms with E-state index in [0.717, 1.165) is 28.1 Å². The van der Waals surface area contributed by atoms with Crippen LogP contribution in [0, 0.1) is 6.92 Å². The Morgan fingerprint density at radius 3 is 2.81 bits per heavy atom. The summed E-state index contributed by atoms with van der Waals surface area (Å²) in [5.41, 5.74) is 4.41. The molecule has 2 aliphatic rings. The van der Waals surface area contributed by atoms with Crippen molar-refractivity contribution in [3.63, 3.8) is 0 Å². The smallest absolute Gasteiger partial charge is 0.262 e. The Hall–Kier alpha value is -3.34. The molecular formula is C22H18N2O3. The molecule has 0 saturated heterocycles. The third kappa shape index (κ3) is 2.63. The number of ether oxygens (including phenoxy) is 2. The molecule has 2 aromatic heterocycles. The van der Waals surface area contributed by atoms with Gasteiger partial charge < -0.3 is 14.0 Å². The van der Waals surface area contributed by atoms with Gasteiger partial charge in [-0.05, 0) is 36.8 Å². The van der Waals surface area contributed by atoms with Crippen molar-refractivity contribution in [3.05, 3.63) is 93.2 Å². The fourth-order valence-electron chi connectivity index (χ4n) is 3.69. The molecule has 1 aromatic carbocycles. The Labute approximate surface area is 156 Å². The van der Waals surface area contributed by atoms with E-state index in [2.05, 4.69) is 4.98 Å². The third-order valence-corrected chi connectivity index (χ3v) is 5.10. The average molecular weight is 358 g/mol. The first-order valence-corrected chi connectivity index (χ1v) is 8.93. The van der Waals surface area contributed by atoms with Gasteiger partial charge in [0.2, 0.25) is 0 Å². The van der Waals surface area contributed by atoms with Crippen molar-refractivity contribution in [1.82, 2.24) is 9.55 Å². The molecule has 4 heterocycles. The molecule has 0 bridgehead atoms. The summed E-state index contributed by atoms with van der Waals surface area (Å²) in [6.07, 6.45) is 5.21. The van der Waals surface area contributed by atoms with Crippen LogP contribution in [0.15, 0.2) is 65.2 Å². The van der Waals surface area contributed by atoms with E-state index in [1.54, 1.807) is 17.0 Å². The molecule has 0 spiro atoms. The van der Waals surface area contributed by atoms with Gasteiger partial charge in [0.1, 0.15) is 18.1 Å². The highest BCUT2D eigenvalue weighted by atomic mass is 16.5. The van der Waals surface area contributed by atoms with Gasteiger partial charge in [-0.25, -0.2) is 0 Å². The standard InChI is InChI=1S/C22H18N2O3/c1-14-10-20-18(22(25)24(14)12-15-6-8-23-9-7-15)11-16-13-26-19-5-3-2-4-17(19)21(16)27-20/h2-11,21H,12-13H2,1H3. The Morgan fingerprint density at radius 2 is 1.96 bits per heavy atom. The lowest BCUT2D eigenvalue weighted by Crippen LogP contribution is -2.30. The highest BCUT2D eigenvalue weighted by molar-refractivity contribution is 5.65. The van der Waals surface area contributed by atoms with Gasteiger partial charge in [0.25, 0.3) is 5.56 Å². The molecule has 2 aliphatic heterocycles. The van der Waals surface area contributed by atoms with Gasteiger partial charge in [0, 0.05) is 35.3 Å². The largest absolute Gasteiger partial charge is 0.489 e. The maximum Gasteiger partial charge on any atom is 0.262 e. The van der Waals surface area contributed by atoms with E-state index in [1.165, 1.54) is 0 Å². The minimum atomic E-state index is -0.197. The van der Waals surface area contributed by atoms with Crippen LogP contribution in [0.4, 0.5) is 0 Å². The molecule has 0 fully saturated rings. The minimum absolute atomic E-state index is 0.0494. The van der Waals surface area contributed by atoms with Gasteiger partial charge in [0.05, 0.1) is 12.1 Å². The fraction of sp³-hybridized carbons (Fsp3) is 0.182. The normalized spacial score (nSPS) is 16.9. The molecule has 1 unspecified atom stereocenters. The number of para-hydroxylation sites is 1. The second-order valence-electron chi connectivity index (χ2n) is 6.85. The number of pyridine rings is 2. The number of nitrogens with zero attached hydrogens (tertiary/aromatic N) is 2. The van der Waals surface area contributed by atoms with Crippen LogP contribution in [0.3, 0.4) is 0 Å². The number of aromatic nitrogens is 2. The third-order valence-electron chi connectivity index (χ3n) is 5.10. The maximum atomic E-state index is 13.1. The molecule has 0 amide bonds. The highest BCUT2D eigenvalue weighted by Gasteiger charge is 2.32. The van der Waals surface area contributed by atoms with Crippen molar-refractivity contribution in [3.8, 4) is 11.5 Å². The minimum Gasteiger partial charge on any atom is -0.489 e.